The summed E-state index contributed by atoms with van der Waals surface area (Å²) in [4.78, 5) is -2.13. The molecule has 11 nitrogen and oxygen atoms in total. The van der Waals surface area contributed by atoms with E-state index in [9.17, 15) is 38.9 Å². The summed E-state index contributed by atoms with van der Waals surface area (Å²) in [6.45, 7) is 0. The zero-order valence-electron chi connectivity index (χ0n) is 17.3. The lowest BCUT2D eigenvalue weighted by Crippen LogP contribution is -2.07. The molecular formula is C20H16N2O9S4. The number of hydrogen-bond acceptors (Lipinski definition) is 9. The first-order valence-corrected chi connectivity index (χ1v) is 14.5. The Balaban J connectivity index is 1.87. The molecule has 0 amide bonds. The molecule has 0 aliphatic rings. The molecule has 15 heteroatoms. The van der Waals surface area contributed by atoms with Crippen LogP contribution >= 0.6 is 11.9 Å². The van der Waals surface area contributed by atoms with Gasteiger partial charge in [0.25, 0.3) is 30.4 Å². The highest BCUT2D eigenvalue weighted by Crippen LogP contribution is 2.36. The Hall–Kier alpha value is -2.92. The van der Waals surface area contributed by atoms with E-state index < -0.39 is 55.8 Å². The van der Waals surface area contributed by atoms with Crippen LogP contribution in [0, 0.1) is 0 Å². The molecular weight excluding hydrogens is 540 g/mol. The van der Waals surface area contributed by atoms with Gasteiger partial charge in [0.15, 0.2) is 0 Å². The lowest BCUT2D eigenvalue weighted by molar-refractivity contribution is 0.478. The SMILES string of the molecule is Nc1ccc2cc(SNc3cc(S(=O)(=O)O)c4cc(S(=O)(=O)O)cc(S(=O)(=O)O)c4c3)ccc2c1. The quantitative estimate of drug-likeness (QED) is 0.132. The molecule has 6 N–H and O–H groups in total. The number of nitrogens with one attached hydrogen (secondary N) is 1. The maximum absolute atomic E-state index is 12.1. The van der Waals surface area contributed by atoms with Crippen LogP contribution in [0.5, 0.6) is 0 Å². The molecule has 4 aromatic rings. The van der Waals surface area contributed by atoms with E-state index >= 15 is 0 Å². The van der Waals surface area contributed by atoms with Crippen molar-refractivity contribution >= 4 is 75.2 Å². The summed E-state index contributed by atoms with van der Waals surface area (Å²) >= 11 is 1.04. The van der Waals surface area contributed by atoms with Crippen LogP contribution in [-0.4, -0.2) is 38.9 Å². The highest BCUT2D eigenvalue weighted by molar-refractivity contribution is 8.00. The van der Waals surface area contributed by atoms with Gasteiger partial charge < -0.3 is 10.5 Å². The van der Waals surface area contributed by atoms with Gasteiger partial charge in [-0.05, 0) is 71.3 Å². The lowest BCUT2D eigenvalue weighted by atomic mass is 10.1. The average Bonchev–Trinajstić information content (AvgIpc) is 2.74. The molecule has 4 aromatic carbocycles. The second-order valence-corrected chi connectivity index (χ2v) is 12.5. The molecule has 0 heterocycles. The topological polar surface area (TPSA) is 201 Å². The Kier molecular flexibility index (Phi) is 6.21. The van der Waals surface area contributed by atoms with Crippen LogP contribution in [0.3, 0.4) is 0 Å². The van der Waals surface area contributed by atoms with Gasteiger partial charge in [-0.1, -0.05) is 12.1 Å². The Labute approximate surface area is 204 Å². The van der Waals surface area contributed by atoms with E-state index in [-0.39, 0.29) is 5.69 Å². The summed E-state index contributed by atoms with van der Waals surface area (Å²) in [5.41, 5.74) is 6.38. The van der Waals surface area contributed by atoms with Crippen LogP contribution in [0.1, 0.15) is 0 Å². The highest BCUT2D eigenvalue weighted by Gasteiger charge is 2.25. The molecule has 0 saturated carbocycles. The van der Waals surface area contributed by atoms with E-state index in [0.717, 1.165) is 34.9 Å². The number of nitrogens with two attached hydrogens (primary N) is 1. The van der Waals surface area contributed by atoms with Crippen molar-refractivity contribution in [3.63, 3.8) is 0 Å². The second-order valence-electron chi connectivity index (χ2n) is 7.39. The van der Waals surface area contributed by atoms with E-state index in [0.29, 0.717) is 22.7 Å². The number of benzene rings is 4. The van der Waals surface area contributed by atoms with Crippen molar-refractivity contribution in [2.24, 2.45) is 0 Å². The molecule has 0 spiro atoms. The van der Waals surface area contributed by atoms with Gasteiger partial charge in [0.1, 0.15) is 9.79 Å². The summed E-state index contributed by atoms with van der Waals surface area (Å²) in [7, 11) is -15.1. The lowest BCUT2D eigenvalue weighted by Gasteiger charge is -2.13. The minimum atomic E-state index is -5.08. The molecule has 0 fully saturated rings. The minimum Gasteiger partial charge on any atom is -0.399 e. The van der Waals surface area contributed by atoms with Crippen LogP contribution < -0.4 is 10.5 Å². The number of hydrogen-bond donors (Lipinski definition) is 5. The molecule has 0 atom stereocenters. The second kappa shape index (κ2) is 8.63. The molecule has 4 rings (SSSR count). The molecule has 0 unspecified atom stereocenters. The first kappa shape index (κ1) is 25.2. The monoisotopic (exact) mass is 556 g/mol. The van der Waals surface area contributed by atoms with Crippen molar-refractivity contribution in [1.29, 1.82) is 0 Å². The first-order chi connectivity index (χ1) is 16.1. The Bertz CT molecular complexity index is 1840. The molecule has 0 saturated heterocycles. The number of anilines is 2. The standard InChI is InChI=1S/C20H16N2O9S4/c21-13-3-1-12-6-15(4-2-11(12)5-13)32-22-14-7-17-18(19(8-14)34(26,27)28)9-16(33(23,24)25)10-20(17)35(29,30)31/h1-10,22H,21H2,(H,23,24,25)(H,26,27,28)(H,29,30,31). The van der Waals surface area contributed by atoms with Gasteiger partial charge in [-0.25, -0.2) is 0 Å². The molecule has 0 bridgehead atoms. The fourth-order valence-electron chi connectivity index (χ4n) is 3.43. The largest absolute Gasteiger partial charge is 0.399 e. The van der Waals surface area contributed by atoms with E-state index in [1.807, 2.05) is 18.2 Å². The Morgan fingerprint density at radius 2 is 1.23 bits per heavy atom. The van der Waals surface area contributed by atoms with Crippen molar-refractivity contribution in [1.82, 2.24) is 0 Å². The highest BCUT2D eigenvalue weighted by atomic mass is 32.2. The third-order valence-electron chi connectivity index (χ3n) is 4.94. The molecule has 0 radical (unpaired) electrons. The smallest absolute Gasteiger partial charge is 0.295 e. The first-order valence-electron chi connectivity index (χ1n) is 9.39. The fourth-order valence-corrected chi connectivity index (χ4v) is 6.16. The van der Waals surface area contributed by atoms with Gasteiger partial charge in [0.05, 0.1) is 4.90 Å². The maximum atomic E-state index is 12.1. The van der Waals surface area contributed by atoms with Crippen molar-refractivity contribution in [3.8, 4) is 0 Å². The van der Waals surface area contributed by atoms with Gasteiger partial charge in [0.2, 0.25) is 0 Å². The number of nitrogen functional groups attached to an aromatic ring is 1. The van der Waals surface area contributed by atoms with Crippen LogP contribution in [0.2, 0.25) is 0 Å². The minimum absolute atomic E-state index is 0.0111. The maximum Gasteiger partial charge on any atom is 0.295 e. The van der Waals surface area contributed by atoms with Crippen molar-refractivity contribution in [3.05, 3.63) is 60.7 Å². The number of fused-ring (bicyclic) bond motifs is 2. The van der Waals surface area contributed by atoms with E-state index in [1.165, 1.54) is 0 Å². The third-order valence-corrected chi connectivity index (χ3v) is 8.39. The van der Waals surface area contributed by atoms with Crippen LogP contribution in [-0.2, 0) is 30.4 Å². The van der Waals surface area contributed by atoms with Gasteiger partial charge in [0, 0.05) is 27.0 Å². The van der Waals surface area contributed by atoms with Crippen LogP contribution in [0.15, 0.2) is 80.2 Å². The van der Waals surface area contributed by atoms with Gasteiger partial charge in [-0.3, -0.25) is 13.7 Å². The zero-order valence-corrected chi connectivity index (χ0v) is 20.5. The van der Waals surface area contributed by atoms with E-state index in [1.54, 1.807) is 18.2 Å². The summed E-state index contributed by atoms with van der Waals surface area (Å²) in [6.07, 6.45) is 0. The average molecular weight is 557 g/mol. The predicted molar refractivity (Wildman–Crippen MR) is 131 cm³/mol. The fraction of sp³-hybridized carbons (Fsp3) is 0. The molecule has 184 valence electrons. The van der Waals surface area contributed by atoms with Crippen molar-refractivity contribution < 1.29 is 38.9 Å². The molecule has 0 aromatic heterocycles. The Morgan fingerprint density at radius 1 is 0.657 bits per heavy atom. The predicted octanol–water partition coefficient (Wildman–Crippen LogP) is 3.43. The van der Waals surface area contributed by atoms with Gasteiger partial charge in [-0.2, -0.15) is 25.3 Å². The summed E-state index contributed by atoms with van der Waals surface area (Å²) in [6, 6.07) is 14.0. The van der Waals surface area contributed by atoms with E-state index in [2.05, 4.69) is 4.72 Å². The van der Waals surface area contributed by atoms with Gasteiger partial charge in [-0.15, -0.1) is 0 Å². The van der Waals surface area contributed by atoms with Crippen molar-refractivity contribution in [2.45, 2.75) is 19.6 Å². The molecule has 0 aliphatic heterocycles. The van der Waals surface area contributed by atoms with E-state index in [4.69, 9.17) is 5.73 Å². The normalized spacial score (nSPS) is 12.8. The third kappa shape index (κ3) is 5.35. The summed E-state index contributed by atoms with van der Waals surface area (Å²) in [5.74, 6) is 0. The van der Waals surface area contributed by atoms with Crippen LogP contribution in [0.4, 0.5) is 11.4 Å². The summed E-state index contributed by atoms with van der Waals surface area (Å²) < 4.78 is 103. The zero-order chi connectivity index (χ0) is 25.8. The van der Waals surface area contributed by atoms with Crippen LogP contribution in [0.25, 0.3) is 21.5 Å². The molecule has 35 heavy (non-hydrogen) atoms. The number of rotatable bonds is 6. The molecule has 0 aliphatic carbocycles. The Morgan fingerprint density at radius 3 is 1.86 bits per heavy atom. The van der Waals surface area contributed by atoms with Gasteiger partial charge >= 0.3 is 0 Å². The summed E-state index contributed by atoms with van der Waals surface area (Å²) in [5, 5.41) is 0.803. The van der Waals surface area contributed by atoms with Crippen molar-refractivity contribution in [2.75, 3.05) is 10.5 Å².